The highest BCUT2D eigenvalue weighted by atomic mass is 35.5. The number of ether oxygens (including phenoxy) is 2. The number of hydrogen-bond donors (Lipinski definition) is 1. The number of non-ortho nitro benzene ring substituents is 1. The van der Waals surface area contributed by atoms with Crippen molar-refractivity contribution in [2.75, 3.05) is 14.2 Å². The number of amides is 1. The number of benzene rings is 2. The first-order chi connectivity index (χ1) is 13.4. The number of rotatable bonds is 5. The predicted molar refractivity (Wildman–Crippen MR) is 108 cm³/mol. The van der Waals surface area contributed by atoms with Gasteiger partial charge >= 0.3 is 0 Å². The van der Waals surface area contributed by atoms with Crippen molar-refractivity contribution in [2.24, 2.45) is 4.99 Å². The Bertz CT molecular complexity index is 1020. The second-order valence-corrected chi connectivity index (χ2v) is 6.93. The molecule has 0 radical (unpaired) electrons. The third-order valence-electron chi connectivity index (χ3n) is 3.72. The molecule has 2 aromatic carbocycles. The number of thioether (sulfide) groups is 1. The lowest BCUT2D eigenvalue weighted by molar-refractivity contribution is -0.384. The third kappa shape index (κ3) is 4.26. The van der Waals surface area contributed by atoms with Crippen LogP contribution >= 0.6 is 23.4 Å². The van der Waals surface area contributed by atoms with E-state index < -0.39 is 4.92 Å². The zero-order chi connectivity index (χ0) is 20.3. The molecule has 10 heteroatoms. The molecule has 1 fully saturated rings. The van der Waals surface area contributed by atoms with Crippen molar-refractivity contribution < 1.29 is 19.2 Å². The summed E-state index contributed by atoms with van der Waals surface area (Å²) in [5.41, 5.74) is 0.943. The van der Waals surface area contributed by atoms with Crippen molar-refractivity contribution in [3.63, 3.8) is 0 Å². The summed E-state index contributed by atoms with van der Waals surface area (Å²) in [7, 11) is 3.08. The SMILES string of the molecule is COc1ccc(/C=C2/SC(=Nc3ccc([N+](=O)[O-])cc3Cl)NC2=O)cc1OC. The Labute approximate surface area is 169 Å². The van der Waals surface area contributed by atoms with Crippen LogP contribution in [0.3, 0.4) is 0 Å². The first-order valence-corrected chi connectivity index (χ1v) is 9.06. The number of halogens is 1. The Morgan fingerprint density at radius 2 is 1.93 bits per heavy atom. The molecule has 8 nitrogen and oxygen atoms in total. The largest absolute Gasteiger partial charge is 0.493 e. The van der Waals surface area contributed by atoms with Crippen molar-refractivity contribution >= 4 is 51.9 Å². The molecule has 144 valence electrons. The number of nitrogens with one attached hydrogen (secondary N) is 1. The van der Waals surface area contributed by atoms with Crippen molar-refractivity contribution in [2.45, 2.75) is 0 Å². The number of hydrogen-bond acceptors (Lipinski definition) is 7. The fourth-order valence-electron chi connectivity index (χ4n) is 2.38. The van der Waals surface area contributed by atoms with Gasteiger partial charge in [0, 0.05) is 12.1 Å². The molecule has 1 saturated heterocycles. The molecule has 0 atom stereocenters. The number of nitro benzene ring substituents is 1. The average Bonchev–Trinajstić information content (AvgIpc) is 3.02. The molecular weight excluding hydrogens is 406 g/mol. The maximum atomic E-state index is 12.2. The molecule has 0 aromatic heterocycles. The summed E-state index contributed by atoms with van der Waals surface area (Å²) < 4.78 is 10.5. The predicted octanol–water partition coefficient (Wildman–Crippen LogP) is 4.16. The minimum absolute atomic E-state index is 0.119. The monoisotopic (exact) mass is 419 g/mol. The third-order valence-corrected chi connectivity index (χ3v) is 4.93. The summed E-state index contributed by atoms with van der Waals surface area (Å²) >= 11 is 7.18. The first-order valence-electron chi connectivity index (χ1n) is 7.87. The highest BCUT2D eigenvalue weighted by Gasteiger charge is 2.24. The second-order valence-electron chi connectivity index (χ2n) is 5.49. The number of aliphatic imine (C=N–C) groups is 1. The van der Waals surface area contributed by atoms with Gasteiger partial charge in [0.2, 0.25) is 0 Å². The van der Waals surface area contributed by atoms with Crippen LogP contribution in [0, 0.1) is 10.1 Å². The van der Waals surface area contributed by atoms with Crippen LogP contribution in [0.2, 0.25) is 5.02 Å². The second kappa shape index (κ2) is 8.32. The Balaban J connectivity index is 1.84. The minimum atomic E-state index is -0.543. The molecule has 0 saturated carbocycles. The lowest BCUT2D eigenvalue weighted by Crippen LogP contribution is -2.19. The topological polar surface area (TPSA) is 103 Å². The molecule has 1 heterocycles. The molecule has 2 aromatic rings. The molecular formula is C18H14ClN3O5S. The van der Waals surface area contributed by atoms with Crippen LogP contribution in [0.1, 0.15) is 5.56 Å². The summed E-state index contributed by atoms with van der Waals surface area (Å²) in [6, 6.07) is 9.23. The number of nitro groups is 1. The fourth-order valence-corrected chi connectivity index (χ4v) is 3.44. The lowest BCUT2D eigenvalue weighted by atomic mass is 10.2. The van der Waals surface area contributed by atoms with E-state index in [0.717, 1.165) is 17.3 Å². The van der Waals surface area contributed by atoms with Crippen LogP contribution < -0.4 is 14.8 Å². The number of methoxy groups -OCH3 is 2. The average molecular weight is 420 g/mol. The molecule has 0 spiro atoms. The lowest BCUT2D eigenvalue weighted by Gasteiger charge is -2.07. The molecule has 1 amide bonds. The molecule has 1 N–H and O–H groups in total. The quantitative estimate of drug-likeness (QED) is 0.443. The van der Waals surface area contributed by atoms with Crippen LogP contribution in [-0.2, 0) is 4.79 Å². The zero-order valence-electron chi connectivity index (χ0n) is 14.8. The summed E-state index contributed by atoms with van der Waals surface area (Å²) in [5.74, 6) is 0.826. The molecule has 0 bridgehead atoms. The summed E-state index contributed by atoms with van der Waals surface area (Å²) in [5, 5.41) is 13.9. The standard InChI is InChI=1S/C18H14ClN3O5S/c1-26-14-6-3-10(7-15(14)27-2)8-16-17(23)21-18(28-16)20-13-5-4-11(22(24)25)9-12(13)19/h3-9H,1-2H3,(H,20,21,23)/b16-8+. The van der Waals surface area contributed by atoms with E-state index in [1.54, 1.807) is 31.4 Å². The van der Waals surface area contributed by atoms with E-state index in [4.69, 9.17) is 21.1 Å². The minimum Gasteiger partial charge on any atom is -0.493 e. The van der Waals surface area contributed by atoms with Crippen molar-refractivity contribution in [3.05, 3.63) is 62.0 Å². The van der Waals surface area contributed by atoms with E-state index in [2.05, 4.69) is 10.3 Å². The Hall–Kier alpha value is -3.04. The van der Waals surface area contributed by atoms with Crippen molar-refractivity contribution in [1.29, 1.82) is 0 Å². The van der Waals surface area contributed by atoms with E-state index in [9.17, 15) is 14.9 Å². The summed E-state index contributed by atoms with van der Waals surface area (Å²) in [4.78, 5) is 27.2. The Morgan fingerprint density at radius 1 is 1.18 bits per heavy atom. The van der Waals surface area contributed by atoms with Crippen LogP contribution in [-0.4, -0.2) is 30.2 Å². The first kappa shape index (κ1) is 19.7. The highest BCUT2D eigenvalue weighted by molar-refractivity contribution is 8.18. The van der Waals surface area contributed by atoms with E-state index >= 15 is 0 Å². The van der Waals surface area contributed by atoms with E-state index in [1.807, 2.05) is 0 Å². The van der Waals surface area contributed by atoms with E-state index in [0.29, 0.717) is 27.3 Å². The number of nitrogens with zero attached hydrogens (tertiary/aromatic N) is 2. The molecule has 3 rings (SSSR count). The van der Waals surface area contributed by atoms with Gasteiger partial charge in [0.15, 0.2) is 16.7 Å². The van der Waals surface area contributed by atoms with Crippen molar-refractivity contribution in [1.82, 2.24) is 5.32 Å². The van der Waals surface area contributed by atoms with Gasteiger partial charge in [0.25, 0.3) is 11.6 Å². The summed E-state index contributed by atoms with van der Waals surface area (Å²) in [6.07, 6.45) is 1.70. The number of carbonyl (C=O) groups is 1. The van der Waals surface area contributed by atoms with Crippen LogP contribution in [0.15, 0.2) is 46.3 Å². The van der Waals surface area contributed by atoms with Crippen LogP contribution in [0.25, 0.3) is 6.08 Å². The molecule has 1 aliphatic rings. The van der Waals surface area contributed by atoms with Gasteiger partial charge in [-0.2, -0.15) is 0 Å². The zero-order valence-corrected chi connectivity index (χ0v) is 16.3. The maximum absolute atomic E-state index is 12.2. The number of amidine groups is 1. The van der Waals surface area contributed by atoms with Gasteiger partial charge in [-0.25, -0.2) is 4.99 Å². The Kier molecular flexibility index (Phi) is 5.86. The molecule has 0 aliphatic carbocycles. The van der Waals surface area contributed by atoms with Gasteiger partial charge in [0.1, 0.15) is 0 Å². The molecule has 28 heavy (non-hydrogen) atoms. The maximum Gasteiger partial charge on any atom is 0.271 e. The smallest absolute Gasteiger partial charge is 0.271 e. The van der Waals surface area contributed by atoms with Gasteiger partial charge in [-0.1, -0.05) is 17.7 Å². The fraction of sp³-hybridized carbons (Fsp3) is 0.111. The van der Waals surface area contributed by atoms with Gasteiger partial charge < -0.3 is 14.8 Å². The summed E-state index contributed by atoms with van der Waals surface area (Å²) in [6.45, 7) is 0. The normalized spacial score (nSPS) is 16.3. The van der Waals surface area contributed by atoms with Gasteiger partial charge in [0.05, 0.1) is 34.8 Å². The highest BCUT2D eigenvalue weighted by Crippen LogP contribution is 2.34. The van der Waals surface area contributed by atoms with Crippen LogP contribution in [0.5, 0.6) is 11.5 Å². The van der Waals surface area contributed by atoms with E-state index in [1.165, 1.54) is 25.3 Å². The van der Waals surface area contributed by atoms with E-state index in [-0.39, 0.29) is 16.6 Å². The van der Waals surface area contributed by atoms with Crippen molar-refractivity contribution in [3.8, 4) is 11.5 Å². The Morgan fingerprint density at radius 3 is 2.57 bits per heavy atom. The van der Waals surface area contributed by atoms with Crippen LogP contribution in [0.4, 0.5) is 11.4 Å². The number of carbonyl (C=O) groups excluding carboxylic acids is 1. The van der Waals surface area contributed by atoms with Gasteiger partial charge in [-0.15, -0.1) is 0 Å². The molecule has 1 aliphatic heterocycles. The molecule has 0 unspecified atom stereocenters. The van der Waals surface area contributed by atoms with Gasteiger partial charge in [-0.05, 0) is 41.6 Å². The van der Waals surface area contributed by atoms with Gasteiger partial charge in [-0.3, -0.25) is 14.9 Å².